The van der Waals surface area contributed by atoms with Crippen LogP contribution in [0.25, 0.3) is 0 Å². The van der Waals surface area contributed by atoms with E-state index in [1.54, 1.807) is 24.7 Å². The van der Waals surface area contributed by atoms with Gasteiger partial charge in [-0.1, -0.05) is 6.07 Å². The molecule has 17 heavy (non-hydrogen) atoms. The molecule has 0 bridgehead atoms. The number of hydrogen-bond acceptors (Lipinski definition) is 3. The second kappa shape index (κ2) is 5.44. The molecular weight excluding hydrogens is 287 g/mol. The summed E-state index contributed by atoms with van der Waals surface area (Å²) in [4.78, 5) is 0. The Morgan fingerprint density at radius 3 is 2.82 bits per heavy atom. The molecule has 0 spiro atoms. The first-order chi connectivity index (χ1) is 8.20. The minimum absolute atomic E-state index is 0.0792. The van der Waals surface area contributed by atoms with Gasteiger partial charge in [0.05, 0.1) is 23.0 Å². The third-order valence-corrected chi connectivity index (χ3v) is 3.17. The Balaban J connectivity index is 2.20. The van der Waals surface area contributed by atoms with E-state index in [-0.39, 0.29) is 11.9 Å². The number of rotatable bonds is 4. The Morgan fingerprint density at radius 2 is 2.24 bits per heavy atom. The molecule has 0 aliphatic carbocycles. The van der Waals surface area contributed by atoms with Crippen molar-refractivity contribution >= 4 is 15.9 Å². The zero-order chi connectivity index (χ0) is 12.3. The third kappa shape index (κ3) is 2.94. The lowest BCUT2D eigenvalue weighted by molar-refractivity contribution is 0.534. The molecule has 0 aliphatic heterocycles. The highest BCUT2D eigenvalue weighted by Gasteiger charge is 2.12. The normalized spacial score (nSPS) is 12.6. The maximum absolute atomic E-state index is 13.1. The molecule has 1 aromatic carbocycles. The highest BCUT2D eigenvalue weighted by Crippen LogP contribution is 2.23. The Bertz CT molecular complexity index is 487. The minimum Gasteiger partial charge on any atom is -0.472 e. The van der Waals surface area contributed by atoms with Crippen molar-refractivity contribution in [1.82, 2.24) is 5.43 Å². The molecule has 5 heteroatoms. The van der Waals surface area contributed by atoms with Gasteiger partial charge >= 0.3 is 0 Å². The average Bonchev–Trinajstić information content (AvgIpc) is 2.82. The zero-order valence-electron chi connectivity index (χ0n) is 8.99. The summed E-state index contributed by atoms with van der Waals surface area (Å²) < 4.78 is 18.6. The molecule has 90 valence electrons. The molecule has 0 amide bonds. The van der Waals surface area contributed by atoms with Crippen LogP contribution in [0.5, 0.6) is 0 Å². The van der Waals surface area contributed by atoms with Crippen LogP contribution < -0.4 is 11.3 Å². The smallest absolute Gasteiger partial charge is 0.137 e. The Kier molecular flexibility index (Phi) is 3.93. The van der Waals surface area contributed by atoms with Gasteiger partial charge in [0, 0.05) is 0 Å². The van der Waals surface area contributed by atoms with Crippen molar-refractivity contribution in [3.05, 3.63) is 58.2 Å². The van der Waals surface area contributed by atoms with E-state index in [0.717, 1.165) is 11.1 Å². The van der Waals surface area contributed by atoms with Gasteiger partial charge in [0.2, 0.25) is 0 Å². The van der Waals surface area contributed by atoms with E-state index in [1.165, 1.54) is 6.07 Å². The summed E-state index contributed by atoms with van der Waals surface area (Å²) in [6.07, 6.45) is 3.97. The first kappa shape index (κ1) is 12.3. The summed E-state index contributed by atoms with van der Waals surface area (Å²) in [6, 6.07) is 6.65. The number of benzene rings is 1. The molecule has 0 saturated heterocycles. The van der Waals surface area contributed by atoms with Crippen LogP contribution in [0.3, 0.4) is 0 Å². The fourth-order valence-corrected chi connectivity index (χ4v) is 2.04. The molecule has 1 aromatic heterocycles. The number of nitrogens with one attached hydrogen (secondary N) is 1. The van der Waals surface area contributed by atoms with Crippen molar-refractivity contribution in [1.29, 1.82) is 0 Å². The maximum Gasteiger partial charge on any atom is 0.137 e. The van der Waals surface area contributed by atoms with Gasteiger partial charge in [-0.3, -0.25) is 11.3 Å². The lowest BCUT2D eigenvalue weighted by atomic mass is 10.0. The average molecular weight is 299 g/mol. The monoisotopic (exact) mass is 298 g/mol. The molecule has 0 radical (unpaired) electrons. The number of nitrogens with two attached hydrogens (primary N) is 1. The Labute approximate surface area is 107 Å². The Morgan fingerprint density at radius 1 is 1.41 bits per heavy atom. The SMILES string of the molecule is NNC(Cc1ccoc1)c1ccc(F)c(Br)c1. The summed E-state index contributed by atoms with van der Waals surface area (Å²) in [5.74, 6) is 5.24. The van der Waals surface area contributed by atoms with Gasteiger partial charge in [0.25, 0.3) is 0 Å². The molecule has 1 heterocycles. The van der Waals surface area contributed by atoms with Crippen molar-refractivity contribution in [3.63, 3.8) is 0 Å². The van der Waals surface area contributed by atoms with E-state index in [9.17, 15) is 4.39 Å². The van der Waals surface area contributed by atoms with Gasteiger partial charge in [-0.15, -0.1) is 0 Å². The lowest BCUT2D eigenvalue weighted by Crippen LogP contribution is -2.29. The fraction of sp³-hybridized carbons (Fsp3) is 0.167. The predicted molar refractivity (Wildman–Crippen MR) is 66.6 cm³/mol. The molecule has 0 saturated carbocycles. The van der Waals surface area contributed by atoms with Gasteiger partial charge < -0.3 is 4.42 Å². The van der Waals surface area contributed by atoms with Crippen molar-refractivity contribution in [2.24, 2.45) is 5.84 Å². The first-order valence-corrected chi connectivity index (χ1v) is 5.92. The van der Waals surface area contributed by atoms with Crippen LogP contribution in [0, 0.1) is 5.82 Å². The van der Waals surface area contributed by atoms with Crippen LogP contribution in [0.15, 0.2) is 45.7 Å². The largest absolute Gasteiger partial charge is 0.472 e. The number of halogens is 2. The maximum atomic E-state index is 13.1. The van der Waals surface area contributed by atoms with Crippen molar-refractivity contribution in [2.45, 2.75) is 12.5 Å². The van der Waals surface area contributed by atoms with Gasteiger partial charge in [0.15, 0.2) is 0 Å². The lowest BCUT2D eigenvalue weighted by Gasteiger charge is -2.15. The molecule has 1 atom stereocenters. The van der Waals surface area contributed by atoms with Gasteiger partial charge in [-0.25, -0.2) is 4.39 Å². The highest BCUT2D eigenvalue weighted by atomic mass is 79.9. The second-order valence-corrected chi connectivity index (χ2v) is 4.58. The molecule has 2 rings (SSSR count). The van der Waals surface area contributed by atoms with E-state index < -0.39 is 0 Å². The van der Waals surface area contributed by atoms with Crippen molar-refractivity contribution in [3.8, 4) is 0 Å². The van der Waals surface area contributed by atoms with Crippen LogP contribution in [0.1, 0.15) is 17.2 Å². The molecule has 1 unspecified atom stereocenters. The number of hydrogen-bond donors (Lipinski definition) is 2. The quantitative estimate of drug-likeness (QED) is 0.674. The molecule has 0 aliphatic rings. The topological polar surface area (TPSA) is 51.2 Å². The standard InChI is InChI=1S/C12H12BrFN2O/c13-10-6-9(1-2-11(10)14)12(16-15)5-8-3-4-17-7-8/h1-4,6-7,12,16H,5,15H2. The first-order valence-electron chi connectivity index (χ1n) is 5.13. The van der Waals surface area contributed by atoms with E-state index in [1.807, 2.05) is 6.07 Å². The van der Waals surface area contributed by atoms with E-state index in [0.29, 0.717) is 10.9 Å². The summed E-state index contributed by atoms with van der Waals surface area (Å²) in [7, 11) is 0. The van der Waals surface area contributed by atoms with E-state index in [2.05, 4.69) is 21.4 Å². The molecule has 3 N–H and O–H groups in total. The minimum atomic E-state index is -0.284. The fourth-order valence-electron chi connectivity index (χ4n) is 1.65. The highest BCUT2D eigenvalue weighted by molar-refractivity contribution is 9.10. The van der Waals surface area contributed by atoms with Gasteiger partial charge in [-0.2, -0.15) is 0 Å². The van der Waals surface area contributed by atoms with Crippen LogP contribution >= 0.6 is 15.9 Å². The van der Waals surface area contributed by atoms with E-state index >= 15 is 0 Å². The summed E-state index contributed by atoms with van der Waals surface area (Å²) in [5, 5.41) is 0. The predicted octanol–water partition coefficient (Wildman–Crippen LogP) is 2.93. The van der Waals surface area contributed by atoms with Gasteiger partial charge in [-0.05, 0) is 51.7 Å². The van der Waals surface area contributed by atoms with Crippen LogP contribution in [0.4, 0.5) is 4.39 Å². The molecule has 3 nitrogen and oxygen atoms in total. The van der Waals surface area contributed by atoms with Crippen molar-refractivity contribution in [2.75, 3.05) is 0 Å². The summed E-state index contributed by atoms with van der Waals surface area (Å²) >= 11 is 3.16. The summed E-state index contributed by atoms with van der Waals surface area (Å²) in [6.45, 7) is 0. The molecule has 2 aromatic rings. The van der Waals surface area contributed by atoms with Gasteiger partial charge in [0.1, 0.15) is 5.82 Å². The van der Waals surface area contributed by atoms with Crippen molar-refractivity contribution < 1.29 is 8.81 Å². The zero-order valence-corrected chi connectivity index (χ0v) is 10.6. The molecular formula is C12H12BrFN2O. The number of hydrazine groups is 1. The van der Waals surface area contributed by atoms with E-state index in [4.69, 9.17) is 10.3 Å². The van der Waals surface area contributed by atoms with Crippen LogP contribution in [-0.4, -0.2) is 0 Å². The third-order valence-electron chi connectivity index (χ3n) is 2.57. The number of furan rings is 1. The summed E-state index contributed by atoms with van der Waals surface area (Å²) in [5.41, 5.74) is 4.67. The second-order valence-electron chi connectivity index (χ2n) is 3.73. The van der Waals surface area contributed by atoms with Crippen LogP contribution in [-0.2, 0) is 6.42 Å². The Hall–Kier alpha value is -1.17. The molecule has 0 fully saturated rings. The van der Waals surface area contributed by atoms with Crippen LogP contribution in [0.2, 0.25) is 0 Å².